The lowest BCUT2D eigenvalue weighted by atomic mass is 10.00. The van der Waals surface area contributed by atoms with Gasteiger partial charge >= 0.3 is 0 Å². The second-order valence-corrected chi connectivity index (χ2v) is 4.10. The van der Waals surface area contributed by atoms with Gasteiger partial charge in [-0.2, -0.15) is 0 Å². The number of aliphatic hydroxyl groups is 1. The standard InChI is InChI=1S/C13H16O3/c1-8-9(2)16-10(3)13(8)12(14)6-11-4-5-15-7-11/h4-5,7,12,14H,6H2,1-3H3. The molecular weight excluding hydrogens is 204 g/mol. The van der Waals surface area contributed by atoms with E-state index in [1.165, 1.54) is 0 Å². The third kappa shape index (κ3) is 1.91. The summed E-state index contributed by atoms with van der Waals surface area (Å²) in [4.78, 5) is 0. The first kappa shape index (κ1) is 11.0. The van der Waals surface area contributed by atoms with E-state index in [0.29, 0.717) is 6.42 Å². The highest BCUT2D eigenvalue weighted by atomic mass is 16.3. The van der Waals surface area contributed by atoms with Gasteiger partial charge in [0.2, 0.25) is 0 Å². The Morgan fingerprint density at radius 1 is 1.25 bits per heavy atom. The fraction of sp³-hybridized carbons (Fsp3) is 0.385. The normalized spacial score (nSPS) is 13.0. The highest BCUT2D eigenvalue weighted by Gasteiger charge is 2.19. The molecule has 2 heterocycles. The van der Waals surface area contributed by atoms with Gasteiger partial charge in [-0.3, -0.25) is 0 Å². The lowest BCUT2D eigenvalue weighted by Gasteiger charge is -2.09. The van der Waals surface area contributed by atoms with Crippen LogP contribution in [0, 0.1) is 20.8 Å². The van der Waals surface area contributed by atoms with Gasteiger partial charge in [0.15, 0.2) is 0 Å². The molecule has 0 bridgehead atoms. The molecule has 2 aromatic rings. The predicted octanol–water partition coefficient (Wildman–Crippen LogP) is 3.07. The molecule has 1 N–H and O–H groups in total. The second-order valence-electron chi connectivity index (χ2n) is 4.10. The molecule has 0 aliphatic heterocycles. The van der Waals surface area contributed by atoms with Crippen molar-refractivity contribution in [2.45, 2.75) is 33.3 Å². The van der Waals surface area contributed by atoms with E-state index < -0.39 is 6.10 Å². The van der Waals surface area contributed by atoms with Crippen LogP contribution < -0.4 is 0 Å². The molecule has 0 aliphatic carbocycles. The van der Waals surface area contributed by atoms with E-state index in [9.17, 15) is 5.11 Å². The molecule has 0 aliphatic rings. The first-order chi connectivity index (χ1) is 7.59. The van der Waals surface area contributed by atoms with Crippen molar-refractivity contribution in [3.8, 4) is 0 Å². The minimum atomic E-state index is -0.532. The van der Waals surface area contributed by atoms with Crippen LogP contribution in [0.3, 0.4) is 0 Å². The summed E-state index contributed by atoms with van der Waals surface area (Å²) in [6.07, 6.45) is 3.29. The smallest absolute Gasteiger partial charge is 0.107 e. The Kier molecular flexibility index (Phi) is 2.88. The highest BCUT2D eigenvalue weighted by Crippen LogP contribution is 2.29. The minimum absolute atomic E-state index is 0.532. The van der Waals surface area contributed by atoms with Gasteiger partial charge in [-0.05, 0) is 38.0 Å². The van der Waals surface area contributed by atoms with E-state index in [1.54, 1.807) is 12.5 Å². The number of hydrogen-bond acceptors (Lipinski definition) is 3. The van der Waals surface area contributed by atoms with E-state index in [4.69, 9.17) is 8.83 Å². The van der Waals surface area contributed by atoms with E-state index in [-0.39, 0.29) is 0 Å². The van der Waals surface area contributed by atoms with Crippen molar-refractivity contribution < 1.29 is 13.9 Å². The van der Waals surface area contributed by atoms with E-state index in [1.807, 2.05) is 26.8 Å². The van der Waals surface area contributed by atoms with Crippen LogP contribution in [-0.2, 0) is 6.42 Å². The quantitative estimate of drug-likeness (QED) is 0.864. The molecule has 1 unspecified atom stereocenters. The van der Waals surface area contributed by atoms with Gasteiger partial charge in [-0.25, -0.2) is 0 Å². The van der Waals surface area contributed by atoms with Crippen molar-refractivity contribution >= 4 is 0 Å². The maximum absolute atomic E-state index is 10.2. The van der Waals surface area contributed by atoms with Crippen LogP contribution in [0.2, 0.25) is 0 Å². The first-order valence-corrected chi connectivity index (χ1v) is 5.35. The number of aliphatic hydroxyl groups excluding tert-OH is 1. The Morgan fingerprint density at radius 3 is 2.50 bits per heavy atom. The second kappa shape index (κ2) is 4.18. The molecule has 3 heteroatoms. The molecule has 16 heavy (non-hydrogen) atoms. The summed E-state index contributed by atoms with van der Waals surface area (Å²) in [5.41, 5.74) is 2.93. The van der Waals surface area contributed by atoms with Gasteiger partial charge in [-0.15, -0.1) is 0 Å². The van der Waals surface area contributed by atoms with Crippen LogP contribution in [0.25, 0.3) is 0 Å². The van der Waals surface area contributed by atoms with Crippen LogP contribution >= 0.6 is 0 Å². The Hall–Kier alpha value is -1.48. The molecule has 0 saturated heterocycles. The van der Waals surface area contributed by atoms with E-state index in [2.05, 4.69) is 0 Å². The van der Waals surface area contributed by atoms with Crippen molar-refractivity contribution in [1.82, 2.24) is 0 Å². The minimum Gasteiger partial charge on any atom is -0.472 e. The van der Waals surface area contributed by atoms with Crippen molar-refractivity contribution in [2.24, 2.45) is 0 Å². The van der Waals surface area contributed by atoms with Gasteiger partial charge in [0, 0.05) is 12.0 Å². The van der Waals surface area contributed by atoms with Crippen molar-refractivity contribution in [3.63, 3.8) is 0 Å². The number of aryl methyl sites for hydroxylation is 2. The summed E-state index contributed by atoms with van der Waals surface area (Å²) < 4.78 is 10.5. The Labute approximate surface area is 94.7 Å². The largest absolute Gasteiger partial charge is 0.472 e. The fourth-order valence-electron chi connectivity index (χ4n) is 2.03. The van der Waals surface area contributed by atoms with Crippen molar-refractivity contribution in [2.75, 3.05) is 0 Å². The molecule has 2 rings (SSSR count). The maximum atomic E-state index is 10.2. The average molecular weight is 220 g/mol. The van der Waals surface area contributed by atoms with Crippen LogP contribution in [0.15, 0.2) is 27.4 Å². The van der Waals surface area contributed by atoms with Gasteiger partial charge in [0.1, 0.15) is 11.5 Å². The van der Waals surface area contributed by atoms with Gasteiger partial charge in [0.25, 0.3) is 0 Å². The topological polar surface area (TPSA) is 46.5 Å². The highest BCUT2D eigenvalue weighted by molar-refractivity contribution is 5.34. The van der Waals surface area contributed by atoms with Gasteiger partial charge < -0.3 is 13.9 Å². The summed E-state index contributed by atoms with van der Waals surface area (Å²) >= 11 is 0. The zero-order valence-electron chi connectivity index (χ0n) is 9.78. The Balaban J connectivity index is 2.24. The molecule has 0 amide bonds. The zero-order chi connectivity index (χ0) is 11.7. The molecule has 2 aromatic heterocycles. The van der Waals surface area contributed by atoms with Crippen LogP contribution in [0.1, 0.15) is 34.3 Å². The van der Waals surface area contributed by atoms with Gasteiger partial charge in [0.05, 0.1) is 18.6 Å². The third-order valence-corrected chi connectivity index (χ3v) is 2.96. The Bertz CT molecular complexity index is 466. The maximum Gasteiger partial charge on any atom is 0.107 e. The number of hydrogen-bond donors (Lipinski definition) is 1. The monoisotopic (exact) mass is 220 g/mol. The van der Waals surface area contributed by atoms with Crippen molar-refractivity contribution in [1.29, 1.82) is 0 Å². The number of rotatable bonds is 3. The first-order valence-electron chi connectivity index (χ1n) is 5.35. The van der Waals surface area contributed by atoms with Crippen LogP contribution in [-0.4, -0.2) is 5.11 Å². The lowest BCUT2D eigenvalue weighted by molar-refractivity contribution is 0.175. The molecule has 0 spiro atoms. The molecular formula is C13H16O3. The summed E-state index contributed by atoms with van der Waals surface area (Å²) in [6.45, 7) is 5.77. The molecule has 0 saturated carbocycles. The lowest BCUT2D eigenvalue weighted by Crippen LogP contribution is -2.03. The molecule has 0 fully saturated rings. The van der Waals surface area contributed by atoms with Gasteiger partial charge in [-0.1, -0.05) is 0 Å². The molecule has 1 atom stereocenters. The molecule has 0 aromatic carbocycles. The summed E-state index contributed by atoms with van der Waals surface area (Å²) in [7, 11) is 0. The number of furan rings is 2. The predicted molar refractivity (Wildman–Crippen MR) is 60.3 cm³/mol. The summed E-state index contributed by atoms with van der Waals surface area (Å²) in [5, 5.41) is 10.2. The average Bonchev–Trinajstić information content (AvgIpc) is 2.77. The van der Waals surface area contributed by atoms with Crippen molar-refractivity contribution in [3.05, 3.63) is 46.8 Å². The summed E-state index contributed by atoms with van der Waals surface area (Å²) in [5.74, 6) is 1.67. The molecule has 0 radical (unpaired) electrons. The Morgan fingerprint density at radius 2 is 2.00 bits per heavy atom. The zero-order valence-corrected chi connectivity index (χ0v) is 9.78. The molecule has 3 nitrogen and oxygen atoms in total. The van der Waals surface area contributed by atoms with Crippen LogP contribution in [0.4, 0.5) is 0 Å². The van der Waals surface area contributed by atoms with Crippen LogP contribution in [0.5, 0.6) is 0 Å². The fourth-order valence-corrected chi connectivity index (χ4v) is 2.03. The third-order valence-electron chi connectivity index (χ3n) is 2.96. The molecule has 86 valence electrons. The summed E-state index contributed by atoms with van der Waals surface area (Å²) in [6, 6.07) is 1.86. The van der Waals surface area contributed by atoms with E-state index >= 15 is 0 Å². The van der Waals surface area contributed by atoms with E-state index in [0.717, 1.165) is 28.2 Å². The SMILES string of the molecule is Cc1oc(C)c(C(O)Cc2ccoc2)c1C.